The van der Waals surface area contributed by atoms with E-state index in [2.05, 4.69) is 4.74 Å². The van der Waals surface area contributed by atoms with Gasteiger partial charge in [-0.25, -0.2) is 0 Å². The Kier molecular flexibility index (Phi) is 3.99. The molecule has 4 bridgehead atoms. The van der Waals surface area contributed by atoms with Gasteiger partial charge < -0.3 is 14.6 Å². The Morgan fingerprint density at radius 2 is 1.85 bits per heavy atom. The van der Waals surface area contributed by atoms with Crippen LogP contribution < -0.4 is 0 Å². The summed E-state index contributed by atoms with van der Waals surface area (Å²) in [5.74, 6) is -1.97. The Morgan fingerprint density at radius 1 is 1.23 bits per heavy atom. The average Bonchev–Trinajstić information content (AvgIpc) is 2.77. The lowest BCUT2D eigenvalue weighted by molar-refractivity contribution is -0.237. The van der Waals surface area contributed by atoms with Gasteiger partial charge in [0.2, 0.25) is 0 Å². The molecular formula is C20H28O6. The number of carbonyl (C=O) groups is 3. The second-order valence-electron chi connectivity index (χ2n) is 9.44. The monoisotopic (exact) mass is 364 g/mol. The number of aliphatic hydroxyl groups is 1. The minimum absolute atomic E-state index is 0.201. The number of ether oxygens (including phenoxy) is 2. The maximum atomic E-state index is 12.8. The molecule has 0 amide bonds. The van der Waals surface area contributed by atoms with E-state index in [0.29, 0.717) is 18.8 Å². The largest absolute Gasteiger partial charge is 0.459 e. The van der Waals surface area contributed by atoms with E-state index in [-0.39, 0.29) is 24.2 Å². The van der Waals surface area contributed by atoms with Gasteiger partial charge in [0.15, 0.2) is 0 Å². The number of hydrogen-bond acceptors (Lipinski definition) is 6. The van der Waals surface area contributed by atoms with Gasteiger partial charge in [0.25, 0.3) is 0 Å². The molecule has 4 saturated carbocycles. The van der Waals surface area contributed by atoms with Gasteiger partial charge in [0.05, 0.1) is 23.4 Å². The molecule has 5 fully saturated rings. The van der Waals surface area contributed by atoms with Crippen molar-refractivity contribution < 1.29 is 29.0 Å². The fraction of sp³-hybridized carbons (Fsp3) is 0.850. The second kappa shape index (κ2) is 5.78. The summed E-state index contributed by atoms with van der Waals surface area (Å²) in [6.07, 6.45) is 4.59. The molecule has 1 N–H and O–H groups in total. The summed E-state index contributed by atoms with van der Waals surface area (Å²) in [4.78, 5) is 36.1. The molecule has 0 aromatic rings. The van der Waals surface area contributed by atoms with Crippen LogP contribution >= 0.6 is 0 Å². The molecule has 0 aromatic heterocycles. The quantitative estimate of drug-likeness (QED) is 0.608. The first-order chi connectivity index (χ1) is 12.1. The third-order valence-electron chi connectivity index (χ3n) is 7.59. The summed E-state index contributed by atoms with van der Waals surface area (Å²) in [6, 6.07) is 0. The topological polar surface area (TPSA) is 89.9 Å². The summed E-state index contributed by atoms with van der Waals surface area (Å²) < 4.78 is 10.7. The summed E-state index contributed by atoms with van der Waals surface area (Å²) >= 11 is 0. The van der Waals surface area contributed by atoms with E-state index >= 15 is 0 Å². The Hall–Kier alpha value is -1.43. The van der Waals surface area contributed by atoms with Crippen molar-refractivity contribution in [3.05, 3.63) is 0 Å². The normalized spacial score (nSPS) is 47.8. The first-order valence-corrected chi connectivity index (χ1v) is 9.82. The van der Waals surface area contributed by atoms with Crippen LogP contribution in [0.2, 0.25) is 0 Å². The van der Waals surface area contributed by atoms with Crippen molar-refractivity contribution in [3.8, 4) is 0 Å². The van der Waals surface area contributed by atoms with Crippen LogP contribution in [0.4, 0.5) is 0 Å². The molecule has 1 heterocycles. The van der Waals surface area contributed by atoms with Gasteiger partial charge in [-0.2, -0.15) is 0 Å². The molecule has 26 heavy (non-hydrogen) atoms. The summed E-state index contributed by atoms with van der Waals surface area (Å²) in [5.41, 5.74) is -1.11. The highest BCUT2D eigenvalue weighted by Gasteiger charge is 2.62. The van der Waals surface area contributed by atoms with Crippen LogP contribution in [0.5, 0.6) is 0 Å². The molecule has 5 rings (SSSR count). The first kappa shape index (κ1) is 18.0. The maximum absolute atomic E-state index is 12.8. The second-order valence-corrected chi connectivity index (χ2v) is 9.44. The number of cyclic esters (lactones) is 2. The van der Waals surface area contributed by atoms with E-state index in [0.717, 1.165) is 19.3 Å². The minimum Gasteiger partial charge on any atom is -0.459 e. The van der Waals surface area contributed by atoms with Crippen molar-refractivity contribution in [1.29, 1.82) is 0 Å². The van der Waals surface area contributed by atoms with Crippen LogP contribution in [0.15, 0.2) is 0 Å². The zero-order valence-corrected chi connectivity index (χ0v) is 15.7. The zero-order chi connectivity index (χ0) is 18.9. The average molecular weight is 364 g/mol. The molecule has 144 valence electrons. The number of hydrogen-bond donors (Lipinski definition) is 1. The molecule has 6 nitrogen and oxygen atoms in total. The number of esters is 3. The zero-order valence-electron chi connectivity index (χ0n) is 15.7. The lowest BCUT2D eigenvalue weighted by Crippen LogP contribution is -2.63. The predicted molar refractivity (Wildman–Crippen MR) is 90.5 cm³/mol. The van der Waals surface area contributed by atoms with E-state index in [1.165, 1.54) is 0 Å². The van der Waals surface area contributed by atoms with Crippen molar-refractivity contribution in [3.63, 3.8) is 0 Å². The van der Waals surface area contributed by atoms with Crippen LogP contribution in [0.1, 0.15) is 59.3 Å². The lowest BCUT2D eigenvalue weighted by atomic mass is 9.48. The van der Waals surface area contributed by atoms with Gasteiger partial charge in [0, 0.05) is 11.8 Å². The molecule has 4 aliphatic carbocycles. The van der Waals surface area contributed by atoms with Gasteiger partial charge >= 0.3 is 17.9 Å². The molecule has 6 heteroatoms. The Balaban J connectivity index is 1.43. The van der Waals surface area contributed by atoms with Crippen molar-refractivity contribution in [1.82, 2.24) is 0 Å². The fourth-order valence-corrected chi connectivity index (χ4v) is 6.04. The Morgan fingerprint density at radius 3 is 2.35 bits per heavy atom. The van der Waals surface area contributed by atoms with E-state index in [1.54, 1.807) is 13.8 Å². The standard InChI is InChI=1S/C20H28O6/c1-10(4-15-11(2)17(22)25-18(15)23)16(21)26-19(3)13-5-12-6-14(19)9-20(24,7-12)8-13/h10-15,24H,4-9H2,1-3H3. The SMILES string of the molecule is CC(CC1C(=O)OC(=O)C1C)C(=O)OC1(C)C2CC3CC1CC(O)(C3)C2. The highest BCUT2D eigenvalue weighted by Crippen LogP contribution is 2.61. The van der Waals surface area contributed by atoms with E-state index in [1.807, 2.05) is 6.92 Å². The van der Waals surface area contributed by atoms with Crippen LogP contribution in [0.3, 0.4) is 0 Å². The van der Waals surface area contributed by atoms with Crippen LogP contribution in [0.25, 0.3) is 0 Å². The highest BCUT2D eigenvalue weighted by molar-refractivity contribution is 5.96. The van der Waals surface area contributed by atoms with Gasteiger partial charge in [-0.05, 0) is 51.4 Å². The van der Waals surface area contributed by atoms with Crippen molar-refractivity contribution in [2.75, 3.05) is 0 Å². The lowest BCUT2D eigenvalue weighted by Gasteiger charge is -2.62. The van der Waals surface area contributed by atoms with Crippen LogP contribution in [0, 0.1) is 35.5 Å². The number of carbonyl (C=O) groups excluding carboxylic acids is 3. The Labute approximate surface area is 153 Å². The minimum atomic E-state index is -0.572. The summed E-state index contributed by atoms with van der Waals surface area (Å²) in [6.45, 7) is 5.43. The van der Waals surface area contributed by atoms with Crippen LogP contribution in [-0.2, 0) is 23.9 Å². The third kappa shape index (κ3) is 2.68. The number of rotatable bonds is 4. The maximum Gasteiger partial charge on any atom is 0.317 e. The van der Waals surface area contributed by atoms with Gasteiger partial charge in [-0.1, -0.05) is 13.8 Å². The van der Waals surface area contributed by atoms with E-state index in [4.69, 9.17) is 4.74 Å². The van der Waals surface area contributed by atoms with Gasteiger partial charge in [-0.3, -0.25) is 14.4 Å². The van der Waals surface area contributed by atoms with E-state index < -0.39 is 40.9 Å². The molecular weight excluding hydrogens is 336 g/mol. The third-order valence-corrected chi connectivity index (χ3v) is 7.59. The van der Waals surface area contributed by atoms with Gasteiger partial charge in [-0.15, -0.1) is 0 Å². The van der Waals surface area contributed by atoms with Gasteiger partial charge in [0.1, 0.15) is 5.60 Å². The van der Waals surface area contributed by atoms with Crippen molar-refractivity contribution in [2.45, 2.75) is 70.5 Å². The van der Waals surface area contributed by atoms with Crippen molar-refractivity contribution >= 4 is 17.9 Å². The highest BCUT2D eigenvalue weighted by atomic mass is 16.6. The molecule has 5 unspecified atom stereocenters. The summed E-state index contributed by atoms with van der Waals surface area (Å²) in [5, 5.41) is 10.7. The Bertz CT molecular complexity index is 639. The molecule has 0 radical (unpaired) electrons. The molecule has 1 aliphatic heterocycles. The van der Waals surface area contributed by atoms with E-state index in [9.17, 15) is 19.5 Å². The van der Waals surface area contributed by atoms with Crippen molar-refractivity contribution in [2.24, 2.45) is 35.5 Å². The fourth-order valence-electron chi connectivity index (χ4n) is 6.04. The molecule has 0 aromatic carbocycles. The summed E-state index contributed by atoms with van der Waals surface area (Å²) in [7, 11) is 0. The smallest absolute Gasteiger partial charge is 0.317 e. The van der Waals surface area contributed by atoms with Crippen LogP contribution in [-0.4, -0.2) is 34.2 Å². The molecule has 5 aliphatic rings. The molecule has 0 spiro atoms. The molecule has 1 saturated heterocycles. The predicted octanol–water partition coefficient (Wildman–Crippen LogP) is 2.22. The molecule has 5 atom stereocenters. The first-order valence-electron chi connectivity index (χ1n) is 9.82.